The summed E-state index contributed by atoms with van der Waals surface area (Å²) in [7, 11) is -1.85. The number of nitrogens with zero attached hydrogens (tertiary/aromatic N) is 2. The number of hydrogen-bond donors (Lipinski definition) is 1. The lowest BCUT2D eigenvalue weighted by Crippen LogP contribution is -2.46. The minimum Gasteiger partial charge on any atom is -0.392 e. The third-order valence-electron chi connectivity index (χ3n) is 2.41. The van der Waals surface area contributed by atoms with E-state index in [1.165, 1.54) is 15.7 Å². The highest BCUT2D eigenvalue weighted by Gasteiger charge is 2.28. The summed E-state index contributed by atoms with van der Waals surface area (Å²) < 4.78 is 26.6. The van der Waals surface area contributed by atoms with Gasteiger partial charge in [0, 0.05) is 20.1 Å². The number of rotatable bonds is 4. The largest absolute Gasteiger partial charge is 0.392 e. The van der Waals surface area contributed by atoms with E-state index >= 15 is 0 Å². The minimum atomic E-state index is -3.36. The third kappa shape index (κ3) is 3.37. The molecule has 1 saturated heterocycles. The van der Waals surface area contributed by atoms with Gasteiger partial charge < -0.3 is 5.73 Å². The van der Waals surface area contributed by atoms with Crippen LogP contribution >= 0.6 is 12.2 Å². The van der Waals surface area contributed by atoms with E-state index in [9.17, 15) is 8.42 Å². The molecule has 0 aromatic carbocycles. The Labute approximate surface area is 96.4 Å². The van der Waals surface area contributed by atoms with Crippen LogP contribution in [0.25, 0.3) is 0 Å². The Hall–Kier alpha value is -0.240. The lowest BCUT2D eigenvalue weighted by atomic mass is 10.2. The maximum absolute atomic E-state index is 12.0. The summed E-state index contributed by atoms with van der Waals surface area (Å²) in [5.41, 5.74) is 5.33. The Kier molecular flexibility index (Phi) is 4.45. The molecule has 0 aromatic rings. The summed E-state index contributed by atoms with van der Waals surface area (Å²) in [6.45, 7) is 1.31. The molecule has 1 fully saturated rings. The Balaban J connectivity index is 2.67. The van der Waals surface area contributed by atoms with Crippen LogP contribution < -0.4 is 5.73 Å². The molecular formula is C8H17N3O2S2. The summed E-state index contributed by atoms with van der Waals surface area (Å²) in [5.74, 6) is 0. The number of hydrogen-bond acceptors (Lipinski definition) is 3. The van der Waals surface area contributed by atoms with Gasteiger partial charge in [0.25, 0.3) is 10.2 Å². The second-order valence-corrected chi connectivity index (χ2v) is 6.25. The molecule has 15 heavy (non-hydrogen) atoms. The maximum Gasteiger partial charge on any atom is 0.282 e. The molecule has 0 aromatic heterocycles. The quantitative estimate of drug-likeness (QED) is 0.711. The molecule has 0 amide bonds. The zero-order valence-electron chi connectivity index (χ0n) is 8.85. The minimum absolute atomic E-state index is 0.105. The van der Waals surface area contributed by atoms with Crippen molar-refractivity contribution in [3.05, 3.63) is 0 Å². The van der Waals surface area contributed by atoms with E-state index in [4.69, 9.17) is 18.0 Å². The SMILES string of the molecule is CN(CC(N)=S)S(=O)(=O)N1CCCCC1. The van der Waals surface area contributed by atoms with E-state index in [1.807, 2.05) is 0 Å². The molecule has 0 radical (unpaired) electrons. The summed E-state index contributed by atoms with van der Waals surface area (Å²) in [6.07, 6.45) is 2.96. The summed E-state index contributed by atoms with van der Waals surface area (Å²) in [5, 5.41) is 0. The molecule has 0 saturated carbocycles. The highest BCUT2D eigenvalue weighted by molar-refractivity contribution is 7.86. The molecule has 1 heterocycles. The van der Waals surface area contributed by atoms with E-state index in [-0.39, 0.29) is 11.5 Å². The van der Waals surface area contributed by atoms with E-state index in [1.54, 1.807) is 0 Å². The van der Waals surface area contributed by atoms with Crippen LogP contribution in [0.4, 0.5) is 0 Å². The van der Waals surface area contributed by atoms with Crippen LogP contribution in [-0.4, -0.2) is 48.7 Å². The van der Waals surface area contributed by atoms with Crippen molar-refractivity contribution >= 4 is 27.4 Å². The van der Waals surface area contributed by atoms with Gasteiger partial charge in [0.2, 0.25) is 0 Å². The zero-order chi connectivity index (χ0) is 11.5. The van der Waals surface area contributed by atoms with E-state index in [0.717, 1.165) is 19.3 Å². The molecule has 0 unspecified atom stereocenters. The van der Waals surface area contributed by atoms with Crippen LogP contribution in [0.5, 0.6) is 0 Å². The van der Waals surface area contributed by atoms with Crippen LogP contribution in [-0.2, 0) is 10.2 Å². The standard InChI is InChI=1S/C8H17N3O2S2/c1-10(7-8(9)14)15(12,13)11-5-3-2-4-6-11/h2-7H2,1H3,(H2,9,14). The fourth-order valence-electron chi connectivity index (χ4n) is 1.59. The molecule has 1 aliphatic heterocycles. The second-order valence-electron chi connectivity index (χ2n) is 3.69. The molecule has 88 valence electrons. The average Bonchev–Trinajstić information content (AvgIpc) is 2.18. The van der Waals surface area contributed by atoms with Gasteiger partial charge in [-0.2, -0.15) is 17.0 Å². The first-order valence-electron chi connectivity index (χ1n) is 4.94. The second kappa shape index (κ2) is 5.20. The van der Waals surface area contributed by atoms with E-state index in [0.29, 0.717) is 13.1 Å². The summed E-state index contributed by atoms with van der Waals surface area (Å²) in [4.78, 5) is 0.193. The average molecular weight is 251 g/mol. The normalized spacial score (nSPS) is 19.3. The van der Waals surface area contributed by atoms with Crippen molar-refractivity contribution in [2.24, 2.45) is 5.73 Å². The molecule has 0 atom stereocenters. The molecule has 1 aliphatic rings. The molecule has 0 bridgehead atoms. The zero-order valence-corrected chi connectivity index (χ0v) is 10.5. The fourth-order valence-corrected chi connectivity index (χ4v) is 3.29. The Morgan fingerprint density at radius 1 is 1.40 bits per heavy atom. The fraction of sp³-hybridized carbons (Fsp3) is 0.875. The van der Waals surface area contributed by atoms with Gasteiger partial charge in [0.05, 0.1) is 11.5 Å². The van der Waals surface area contributed by atoms with E-state index < -0.39 is 10.2 Å². The molecule has 0 spiro atoms. The van der Waals surface area contributed by atoms with Crippen LogP contribution in [0.15, 0.2) is 0 Å². The molecular weight excluding hydrogens is 234 g/mol. The van der Waals surface area contributed by atoms with Gasteiger partial charge in [0.15, 0.2) is 0 Å². The van der Waals surface area contributed by atoms with Crippen LogP contribution in [0.3, 0.4) is 0 Å². The van der Waals surface area contributed by atoms with Crippen LogP contribution in [0.2, 0.25) is 0 Å². The van der Waals surface area contributed by atoms with Gasteiger partial charge in [-0.05, 0) is 12.8 Å². The van der Waals surface area contributed by atoms with Gasteiger partial charge >= 0.3 is 0 Å². The topological polar surface area (TPSA) is 66.6 Å². The van der Waals surface area contributed by atoms with Crippen molar-refractivity contribution in [2.45, 2.75) is 19.3 Å². The predicted octanol–water partition coefficient (Wildman–Crippen LogP) is -0.0650. The van der Waals surface area contributed by atoms with Gasteiger partial charge in [-0.15, -0.1) is 0 Å². The molecule has 7 heteroatoms. The summed E-state index contributed by atoms with van der Waals surface area (Å²) in [6, 6.07) is 0. The number of thiocarbonyl (C=S) groups is 1. The van der Waals surface area contributed by atoms with E-state index in [2.05, 4.69) is 0 Å². The smallest absolute Gasteiger partial charge is 0.282 e. The number of nitrogens with two attached hydrogens (primary N) is 1. The maximum atomic E-state index is 12.0. The van der Waals surface area contributed by atoms with Crippen molar-refractivity contribution < 1.29 is 8.42 Å². The van der Waals surface area contributed by atoms with Crippen LogP contribution in [0, 0.1) is 0 Å². The Morgan fingerprint density at radius 3 is 2.40 bits per heavy atom. The molecule has 5 nitrogen and oxygen atoms in total. The summed E-state index contributed by atoms with van der Waals surface area (Å²) >= 11 is 4.70. The van der Waals surface area contributed by atoms with Crippen molar-refractivity contribution in [2.75, 3.05) is 26.7 Å². The first-order chi connectivity index (χ1) is 6.94. The van der Waals surface area contributed by atoms with Gasteiger partial charge in [-0.3, -0.25) is 0 Å². The lowest BCUT2D eigenvalue weighted by molar-refractivity contribution is 0.322. The Morgan fingerprint density at radius 2 is 1.93 bits per heavy atom. The molecule has 0 aliphatic carbocycles. The van der Waals surface area contributed by atoms with Gasteiger partial charge in [-0.25, -0.2) is 0 Å². The number of likely N-dealkylation sites (N-methyl/N-ethyl adjacent to an activating group) is 1. The molecule has 2 N–H and O–H groups in total. The first-order valence-corrected chi connectivity index (χ1v) is 6.75. The monoisotopic (exact) mass is 251 g/mol. The van der Waals surface area contributed by atoms with Crippen molar-refractivity contribution in [1.29, 1.82) is 0 Å². The predicted molar refractivity (Wildman–Crippen MR) is 63.8 cm³/mol. The Bertz CT molecular complexity index is 323. The third-order valence-corrected chi connectivity index (χ3v) is 4.48. The van der Waals surface area contributed by atoms with Crippen molar-refractivity contribution in [3.8, 4) is 0 Å². The highest BCUT2D eigenvalue weighted by atomic mass is 32.2. The number of piperidine rings is 1. The highest BCUT2D eigenvalue weighted by Crippen LogP contribution is 2.14. The first kappa shape index (κ1) is 12.8. The van der Waals surface area contributed by atoms with Gasteiger partial charge in [-0.1, -0.05) is 18.6 Å². The van der Waals surface area contributed by atoms with Crippen molar-refractivity contribution in [1.82, 2.24) is 8.61 Å². The van der Waals surface area contributed by atoms with Crippen LogP contribution in [0.1, 0.15) is 19.3 Å². The van der Waals surface area contributed by atoms with Gasteiger partial charge in [0.1, 0.15) is 0 Å². The lowest BCUT2D eigenvalue weighted by Gasteiger charge is -2.29. The van der Waals surface area contributed by atoms with Crippen molar-refractivity contribution in [3.63, 3.8) is 0 Å². The molecule has 1 rings (SSSR count).